The van der Waals surface area contributed by atoms with Crippen molar-refractivity contribution in [3.05, 3.63) is 33.4 Å². The molecule has 0 atom stereocenters. The molecule has 0 aliphatic carbocycles. The highest BCUT2D eigenvalue weighted by Gasteiger charge is 2.10. The molecule has 1 aromatic carbocycles. The standard InChI is InChI=1S/C11H12Cl2N2/c1-6-8-4-7(12)5-9(13)11(8)15-10(6)2-3-14/h4-5,15H,2-3,14H2,1H3. The lowest BCUT2D eigenvalue weighted by atomic mass is 10.1. The number of H-pyrrole nitrogens is 1. The number of rotatable bonds is 2. The average Bonchev–Trinajstić information content (AvgIpc) is 2.47. The number of nitrogens with two attached hydrogens (primary N) is 1. The van der Waals surface area contributed by atoms with Gasteiger partial charge in [-0.05, 0) is 31.2 Å². The highest BCUT2D eigenvalue weighted by Crippen LogP contribution is 2.31. The molecule has 0 spiro atoms. The summed E-state index contributed by atoms with van der Waals surface area (Å²) in [5.74, 6) is 0. The van der Waals surface area contributed by atoms with Crippen LogP contribution in [0, 0.1) is 6.92 Å². The number of hydrogen-bond donors (Lipinski definition) is 2. The zero-order valence-corrected chi connectivity index (χ0v) is 9.91. The third-order valence-electron chi connectivity index (χ3n) is 2.58. The highest BCUT2D eigenvalue weighted by atomic mass is 35.5. The summed E-state index contributed by atoms with van der Waals surface area (Å²) >= 11 is 12.1. The van der Waals surface area contributed by atoms with Crippen LogP contribution in [0.2, 0.25) is 10.0 Å². The van der Waals surface area contributed by atoms with Crippen molar-refractivity contribution in [2.24, 2.45) is 5.73 Å². The Morgan fingerprint density at radius 3 is 2.73 bits per heavy atom. The van der Waals surface area contributed by atoms with Gasteiger partial charge in [0, 0.05) is 22.5 Å². The van der Waals surface area contributed by atoms with Crippen LogP contribution < -0.4 is 5.73 Å². The van der Waals surface area contributed by atoms with Gasteiger partial charge in [-0.25, -0.2) is 0 Å². The molecule has 0 fully saturated rings. The first-order valence-corrected chi connectivity index (χ1v) is 5.55. The fourth-order valence-electron chi connectivity index (χ4n) is 1.80. The molecule has 80 valence electrons. The van der Waals surface area contributed by atoms with Gasteiger partial charge < -0.3 is 10.7 Å². The minimum atomic E-state index is 0.624. The maximum absolute atomic E-state index is 6.10. The number of halogens is 2. The molecular formula is C11H12Cl2N2. The van der Waals surface area contributed by atoms with E-state index in [1.54, 1.807) is 6.07 Å². The maximum atomic E-state index is 6.10. The van der Waals surface area contributed by atoms with E-state index >= 15 is 0 Å². The fraction of sp³-hybridized carbons (Fsp3) is 0.273. The van der Waals surface area contributed by atoms with Gasteiger partial charge in [-0.3, -0.25) is 0 Å². The molecule has 1 heterocycles. The van der Waals surface area contributed by atoms with E-state index in [4.69, 9.17) is 28.9 Å². The van der Waals surface area contributed by atoms with Crippen molar-refractivity contribution in [3.63, 3.8) is 0 Å². The Balaban J connectivity index is 2.70. The van der Waals surface area contributed by atoms with Gasteiger partial charge in [-0.2, -0.15) is 0 Å². The molecule has 0 aliphatic heterocycles. The van der Waals surface area contributed by atoms with E-state index in [0.29, 0.717) is 16.6 Å². The van der Waals surface area contributed by atoms with E-state index in [1.165, 1.54) is 5.56 Å². The van der Waals surface area contributed by atoms with E-state index in [-0.39, 0.29) is 0 Å². The first kappa shape index (κ1) is 10.8. The molecular weight excluding hydrogens is 231 g/mol. The Bertz CT molecular complexity index is 503. The van der Waals surface area contributed by atoms with Crippen LogP contribution in [0.3, 0.4) is 0 Å². The largest absolute Gasteiger partial charge is 0.357 e. The van der Waals surface area contributed by atoms with E-state index < -0.39 is 0 Å². The molecule has 3 N–H and O–H groups in total. The van der Waals surface area contributed by atoms with Crippen molar-refractivity contribution < 1.29 is 0 Å². The van der Waals surface area contributed by atoms with Crippen LogP contribution in [0.1, 0.15) is 11.3 Å². The summed E-state index contributed by atoms with van der Waals surface area (Å²) in [4.78, 5) is 3.29. The normalized spacial score (nSPS) is 11.2. The lowest BCUT2D eigenvalue weighted by molar-refractivity contribution is 0.930. The van der Waals surface area contributed by atoms with Gasteiger partial charge >= 0.3 is 0 Å². The van der Waals surface area contributed by atoms with Crippen LogP contribution in [0.15, 0.2) is 12.1 Å². The van der Waals surface area contributed by atoms with Gasteiger partial charge in [0.1, 0.15) is 0 Å². The van der Waals surface area contributed by atoms with Crippen molar-refractivity contribution in [3.8, 4) is 0 Å². The van der Waals surface area contributed by atoms with Crippen LogP contribution >= 0.6 is 23.2 Å². The molecule has 4 heteroatoms. The summed E-state index contributed by atoms with van der Waals surface area (Å²) in [5.41, 5.74) is 8.80. The number of benzene rings is 1. The van der Waals surface area contributed by atoms with Gasteiger partial charge in [-0.1, -0.05) is 23.2 Å². The number of nitrogens with one attached hydrogen (secondary N) is 1. The summed E-state index contributed by atoms with van der Waals surface area (Å²) in [7, 11) is 0. The van der Waals surface area contributed by atoms with Gasteiger partial charge in [0.05, 0.1) is 10.5 Å². The quantitative estimate of drug-likeness (QED) is 0.834. The van der Waals surface area contributed by atoms with Gasteiger partial charge in [0.2, 0.25) is 0 Å². The number of aromatic amines is 1. The fourth-order valence-corrected chi connectivity index (χ4v) is 2.34. The van der Waals surface area contributed by atoms with Crippen molar-refractivity contribution in [2.75, 3.05) is 6.54 Å². The topological polar surface area (TPSA) is 41.8 Å². The Morgan fingerprint density at radius 1 is 1.33 bits per heavy atom. The summed E-state index contributed by atoms with van der Waals surface area (Å²) in [5, 5.41) is 2.40. The minimum absolute atomic E-state index is 0.624. The Morgan fingerprint density at radius 2 is 2.07 bits per heavy atom. The first-order valence-electron chi connectivity index (χ1n) is 4.79. The van der Waals surface area contributed by atoms with Gasteiger partial charge in [0.15, 0.2) is 0 Å². The summed E-state index contributed by atoms with van der Waals surface area (Å²) in [6.45, 7) is 2.68. The van der Waals surface area contributed by atoms with Crippen LogP contribution in [0.25, 0.3) is 10.9 Å². The molecule has 2 nitrogen and oxygen atoms in total. The van der Waals surface area contributed by atoms with Crippen molar-refractivity contribution in [1.29, 1.82) is 0 Å². The lowest BCUT2D eigenvalue weighted by Crippen LogP contribution is -2.03. The number of hydrogen-bond acceptors (Lipinski definition) is 1. The van der Waals surface area contributed by atoms with E-state index in [0.717, 1.165) is 23.0 Å². The average molecular weight is 243 g/mol. The SMILES string of the molecule is Cc1c(CCN)[nH]c2c(Cl)cc(Cl)cc12. The maximum Gasteiger partial charge on any atom is 0.0662 e. The molecule has 0 aliphatic rings. The number of aryl methyl sites for hydroxylation is 1. The van der Waals surface area contributed by atoms with Crippen LogP contribution in [0.4, 0.5) is 0 Å². The lowest BCUT2D eigenvalue weighted by Gasteiger charge is -1.96. The Labute approximate surface area is 98.4 Å². The molecule has 2 rings (SSSR count). The molecule has 0 unspecified atom stereocenters. The second kappa shape index (κ2) is 4.05. The van der Waals surface area contributed by atoms with E-state index in [2.05, 4.69) is 11.9 Å². The van der Waals surface area contributed by atoms with Crippen molar-refractivity contribution in [2.45, 2.75) is 13.3 Å². The second-order valence-corrected chi connectivity index (χ2v) is 4.42. The first-order chi connectivity index (χ1) is 7.13. The zero-order chi connectivity index (χ0) is 11.0. The molecule has 0 amide bonds. The molecule has 15 heavy (non-hydrogen) atoms. The van der Waals surface area contributed by atoms with E-state index in [1.807, 2.05) is 6.07 Å². The van der Waals surface area contributed by atoms with Crippen LogP contribution in [-0.4, -0.2) is 11.5 Å². The minimum Gasteiger partial charge on any atom is -0.357 e. The Kier molecular flexibility index (Phi) is 2.91. The third kappa shape index (κ3) is 1.85. The molecule has 0 saturated carbocycles. The van der Waals surface area contributed by atoms with Crippen LogP contribution in [0.5, 0.6) is 0 Å². The smallest absolute Gasteiger partial charge is 0.0662 e. The predicted octanol–water partition coefficient (Wildman–Crippen LogP) is 3.28. The summed E-state index contributed by atoms with van der Waals surface area (Å²) < 4.78 is 0. The monoisotopic (exact) mass is 242 g/mol. The molecule has 0 bridgehead atoms. The van der Waals surface area contributed by atoms with Crippen molar-refractivity contribution >= 4 is 34.1 Å². The molecule has 0 saturated heterocycles. The predicted molar refractivity (Wildman–Crippen MR) is 65.8 cm³/mol. The van der Waals surface area contributed by atoms with Crippen molar-refractivity contribution in [1.82, 2.24) is 4.98 Å². The van der Waals surface area contributed by atoms with E-state index in [9.17, 15) is 0 Å². The van der Waals surface area contributed by atoms with Crippen LogP contribution in [-0.2, 0) is 6.42 Å². The number of aromatic nitrogens is 1. The highest BCUT2D eigenvalue weighted by molar-refractivity contribution is 6.38. The molecule has 2 aromatic rings. The van der Waals surface area contributed by atoms with Gasteiger partial charge in [-0.15, -0.1) is 0 Å². The number of fused-ring (bicyclic) bond motifs is 1. The zero-order valence-electron chi connectivity index (χ0n) is 8.40. The Hall–Kier alpha value is -0.700. The second-order valence-electron chi connectivity index (χ2n) is 3.58. The summed E-state index contributed by atoms with van der Waals surface area (Å²) in [6.07, 6.45) is 0.828. The summed E-state index contributed by atoms with van der Waals surface area (Å²) in [6, 6.07) is 3.67. The van der Waals surface area contributed by atoms with Gasteiger partial charge in [0.25, 0.3) is 0 Å². The molecule has 1 aromatic heterocycles. The third-order valence-corrected chi connectivity index (χ3v) is 3.10. The molecule has 0 radical (unpaired) electrons.